The van der Waals surface area contributed by atoms with Gasteiger partial charge in [0.15, 0.2) is 5.13 Å². The normalized spacial score (nSPS) is 19.3. The van der Waals surface area contributed by atoms with Gasteiger partial charge in [-0.25, -0.2) is 14.6 Å². The van der Waals surface area contributed by atoms with Crippen LogP contribution in [-0.2, 0) is 33.4 Å². The summed E-state index contributed by atoms with van der Waals surface area (Å²) < 4.78 is 14.9. The SMILES string of the molecule is CC/C=C(\C(=O)N[C@@H]1C(=O)N2C(C(=O)OCOC(=O)C(C)(C)C)=C(COC(N)=O)CSC12)c1csc(N)n1. The van der Waals surface area contributed by atoms with Gasteiger partial charge in [-0.05, 0) is 27.2 Å². The van der Waals surface area contributed by atoms with Crippen LogP contribution >= 0.6 is 23.1 Å². The number of anilines is 1. The Labute approximate surface area is 226 Å². The number of primary amides is 1. The largest absolute Gasteiger partial charge is 0.445 e. The molecule has 1 saturated heterocycles. The summed E-state index contributed by atoms with van der Waals surface area (Å²) in [6.07, 6.45) is 1.17. The second-order valence-electron chi connectivity index (χ2n) is 9.25. The Morgan fingerprint density at radius 3 is 2.53 bits per heavy atom. The zero-order valence-electron chi connectivity index (χ0n) is 21.3. The molecule has 2 aliphatic heterocycles. The van der Waals surface area contributed by atoms with E-state index in [1.54, 1.807) is 32.2 Å². The van der Waals surface area contributed by atoms with Crippen LogP contribution in [-0.4, -0.2) is 70.3 Å². The Bertz CT molecular complexity index is 1200. The van der Waals surface area contributed by atoms with Crippen LogP contribution in [0.25, 0.3) is 5.57 Å². The molecule has 1 fully saturated rings. The average Bonchev–Trinajstić information content (AvgIpc) is 3.28. The number of hydrogen-bond donors (Lipinski definition) is 3. The van der Waals surface area contributed by atoms with E-state index in [1.165, 1.54) is 23.1 Å². The molecule has 0 bridgehead atoms. The van der Waals surface area contributed by atoms with E-state index in [-0.39, 0.29) is 29.2 Å². The number of thiazole rings is 1. The molecule has 206 valence electrons. The molecule has 0 spiro atoms. The first kappa shape index (κ1) is 29.0. The second kappa shape index (κ2) is 11.9. The van der Waals surface area contributed by atoms with E-state index in [0.717, 1.165) is 4.90 Å². The first-order valence-corrected chi connectivity index (χ1v) is 13.4. The summed E-state index contributed by atoms with van der Waals surface area (Å²) in [5, 5.41) is 4.03. The molecule has 5 N–H and O–H groups in total. The van der Waals surface area contributed by atoms with E-state index in [4.69, 9.17) is 25.7 Å². The molecule has 0 radical (unpaired) electrons. The minimum Gasteiger partial charge on any atom is -0.445 e. The molecule has 0 aromatic carbocycles. The van der Waals surface area contributed by atoms with Gasteiger partial charge in [-0.2, -0.15) is 0 Å². The number of esters is 2. The lowest BCUT2D eigenvalue weighted by Gasteiger charge is -2.49. The van der Waals surface area contributed by atoms with Gasteiger partial charge in [-0.15, -0.1) is 23.1 Å². The van der Waals surface area contributed by atoms with E-state index in [9.17, 15) is 24.0 Å². The molecular formula is C23H29N5O8S2. The molecule has 2 atom stereocenters. The lowest BCUT2D eigenvalue weighted by atomic mass is 9.98. The van der Waals surface area contributed by atoms with Crippen molar-refractivity contribution in [1.29, 1.82) is 0 Å². The fourth-order valence-electron chi connectivity index (χ4n) is 3.51. The van der Waals surface area contributed by atoms with Crippen LogP contribution in [0.1, 0.15) is 39.8 Å². The molecule has 15 heteroatoms. The number of aromatic nitrogens is 1. The molecule has 38 heavy (non-hydrogen) atoms. The zero-order chi connectivity index (χ0) is 28.2. The summed E-state index contributed by atoms with van der Waals surface area (Å²) in [5.74, 6) is -2.45. The van der Waals surface area contributed by atoms with Crippen molar-refractivity contribution < 1.29 is 38.2 Å². The van der Waals surface area contributed by atoms with Crippen molar-refractivity contribution in [1.82, 2.24) is 15.2 Å². The summed E-state index contributed by atoms with van der Waals surface area (Å²) in [4.78, 5) is 67.6. The number of nitrogens with one attached hydrogen (secondary N) is 1. The van der Waals surface area contributed by atoms with Gasteiger partial charge < -0.3 is 31.0 Å². The average molecular weight is 568 g/mol. The van der Waals surface area contributed by atoms with Crippen LogP contribution in [0, 0.1) is 5.41 Å². The Balaban J connectivity index is 1.77. The molecule has 2 aliphatic rings. The summed E-state index contributed by atoms with van der Waals surface area (Å²) >= 11 is 2.45. The number of nitrogens with zero attached hydrogens (tertiary/aromatic N) is 2. The third-order valence-electron chi connectivity index (χ3n) is 5.36. The van der Waals surface area contributed by atoms with Gasteiger partial charge in [0, 0.05) is 16.7 Å². The summed E-state index contributed by atoms with van der Waals surface area (Å²) in [7, 11) is 0. The van der Waals surface area contributed by atoms with Gasteiger partial charge in [0.05, 0.1) is 16.7 Å². The molecule has 1 unspecified atom stereocenters. The number of hydrogen-bond acceptors (Lipinski definition) is 12. The van der Waals surface area contributed by atoms with Crippen LogP contribution in [0.2, 0.25) is 0 Å². The van der Waals surface area contributed by atoms with E-state index < -0.39 is 53.5 Å². The van der Waals surface area contributed by atoms with Crippen molar-refractivity contribution >= 4 is 63.6 Å². The third-order valence-corrected chi connectivity index (χ3v) is 7.37. The van der Waals surface area contributed by atoms with Crippen LogP contribution in [0.5, 0.6) is 0 Å². The minimum absolute atomic E-state index is 0.158. The van der Waals surface area contributed by atoms with Gasteiger partial charge in [0.1, 0.15) is 23.7 Å². The van der Waals surface area contributed by atoms with Gasteiger partial charge in [0.25, 0.3) is 11.8 Å². The number of carbonyl (C=O) groups excluding carboxylic acids is 5. The van der Waals surface area contributed by atoms with E-state index in [0.29, 0.717) is 17.2 Å². The number of allylic oxidation sites excluding steroid dienone is 1. The number of carbonyl (C=O) groups is 5. The Kier molecular flexibility index (Phi) is 9.04. The Morgan fingerprint density at radius 2 is 1.95 bits per heavy atom. The van der Waals surface area contributed by atoms with Gasteiger partial charge in [0.2, 0.25) is 6.79 Å². The first-order chi connectivity index (χ1) is 17.8. The minimum atomic E-state index is -1.06. The van der Waals surface area contributed by atoms with Crippen molar-refractivity contribution in [2.75, 3.05) is 24.9 Å². The zero-order valence-corrected chi connectivity index (χ0v) is 22.9. The fourth-order valence-corrected chi connectivity index (χ4v) is 5.40. The van der Waals surface area contributed by atoms with E-state index in [2.05, 4.69) is 10.3 Å². The highest BCUT2D eigenvalue weighted by molar-refractivity contribution is 8.00. The highest BCUT2D eigenvalue weighted by Crippen LogP contribution is 2.41. The standard InChI is InChI=1S/C23H29N5O8S2/c1-5-6-12(13-9-38-21(24)26-13)16(29)27-14-17(30)28-15(11(7-34-22(25)33)8-37-18(14)28)19(31)35-10-36-20(32)23(2,3)4/h6,9,14,18H,5,7-8,10H2,1-4H3,(H2,24,26)(H2,25,33)(H,27,29)/b12-6-/t14-,18?/m1/s1. The number of β-lactam (4-membered cyclic amide) rings is 1. The van der Waals surface area contributed by atoms with Crippen LogP contribution in [0.15, 0.2) is 22.7 Å². The molecule has 3 amide bonds. The maximum atomic E-state index is 13.1. The van der Waals surface area contributed by atoms with Gasteiger partial charge in [-0.1, -0.05) is 13.0 Å². The Hall–Kier alpha value is -3.59. The second-order valence-corrected chi connectivity index (χ2v) is 11.2. The molecule has 3 rings (SSSR count). The molecule has 1 aromatic heterocycles. The number of rotatable bonds is 9. The van der Waals surface area contributed by atoms with Gasteiger partial charge in [-0.3, -0.25) is 19.3 Å². The lowest BCUT2D eigenvalue weighted by molar-refractivity contribution is -0.173. The molecule has 13 nitrogen and oxygen atoms in total. The predicted molar refractivity (Wildman–Crippen MR) is 139 cm³/mol. The smallest absolute Gasteiger partial charge is 0.404 e. The van der Waals surface area contributed by atoms with Crippen LogP contribution < -0.4 is 16.8 Å². The highest BCUT2D eigenvalue weighted by atomic mass is 32.2. The van der Waals surface area contributed by atoms with E-state index in [1.807, 2.05) is 6.92 Å². The third kappa shape index (κ3) is 6.45. The predicted octanol–water partition coefficient (Wildman–Crippen LogP) is 1.36. The number of ether oxygens (including phenoxy) is 3. The molecule has 0 aliphatic carbocycles. The molecule has 0 saturated carbocycles. The summed E-state index contributed by atoms with van der Waals surface area (Å²) in [5.41, 5.74) is 10.7. The van der Waals surface area contributed by atoms with Gasteiger partial charge >= 0.3 is 18.0 Å². The number of fused-ring (bicyclic) bond motifs is 1. The topological polar surface area (TPSA) is 193 Å². The van der Waals surface area contributed by atoms with Crippen LogP contribution in [0.4, 0.5) is 9.93 Å². The highest BCUT2D eigenvalue weighted by Gasteiger charge is 2.54. The number of amides is 3. The number of nitrogens with two attached hydrogens (primary N) is 2. The molecular weight excluding hydrogens is 538 g/mol. The maximum absolute atomic E-state index is 13.1. The fraction of sp³-hybridized carbons (Fsp3) is 0.478. The molecule has 1 aromatic rings. The Morgan fingerprint density at radius 1 is 1.24 bits per heavy atom. The monoisotopic (exact) mass is 567 g/mol. The molecule has 3 heterocycles. The van der Waals surface area contributed by atoms with Crippen molar-refractivity contribution in [2.45, 2.75) is 45.5 Å². The van der Waals surface area contributed by atoms with E-state index >= 15 is 0 Å². The number of thioether (sulfide) groups is 1. The van der Waals surface area contributed by atoms with Crippen molar-refractivity contribution in [3.8, 4) is 0 Å². The lowest BCUT2D eigenvalue weighted by Crippen LogP contribution is -2.70. The summed E-state index contributed by atoms with van der Waals surface area (Å²) in [6, 6.07) is -0.941. The van der Waals surface area contributed by atoms with Crippen molar-refractivity contribution in [3.05, 3.63) is 28.4 Å². The van der Waals surface area contributed by atoms with Crippen LogP contribution in [0.3, 0.4) is 0 Å². The number of nitrogen functional groups attached to an aromatic ring is 1. The first-order valence-electron chi connectivity index (χ1n) is 11.5. The van der Waals surface area contributed by atoms with Crippen molar-refractivity contribution in [2.24, 2.45) is 11.1 Å². The summed E-state index contributed by atoms with van der Waals surface area (Å²) in [6.45, 7) is 5.74. The maximum Gasteiger partial charge on any atom is 0.404 e. The quantitative estimate of drug-likeness (QED) is 0.169. The van der Waals surface area contributed by atoms with Crippen molar-refractivity contribution in [3.63, 3.8) is 0 Å².